The number of carboxylic acid groups (broad SMARTS) is 1. The van der Waals surface area contributed by atoms with Gasteiger partial charge in [0.15, 0.2) is 0 Å². The van der Waals surface area contributed by atoms with Crippen LogP contribution >= 0.6 is 0 Å². The Morgan fingerprint density at radius 1 is 1.25 bits per heavy atom. The van der Waals surface area contributed by atoms with E-state index in [0.717, 1.165) is 5.56 Å². The number of hydrogen-bond acceptors (Lipinski definition) is 2. The minimum Gasteiger partial charge on any atom is -0.481 e. The van der Waals surface area contributed by atoms with E-state index in [1.54, 1.807) is 0 Å². The number of nitrogens with two attached hydrogens (primary N) is 1. The molecule has 0 saturated heterocycles. The molecule has 1 aromatic carbocycles. The number of hydrogen-bond donors (Lipinski definition) is 2. The molecular weight excluding hydrogens is 202 g/mol. The first-order chi connectivity index (χ1) is 7.54. The number of benzene rings is 1. The van der Waals surface area contributed by atoms with Crippen molar-refractivity contribution in [3.63, 3.8) is 0 Å². The summed E-state index contributed by atoms with van der Waals surface area (Å²) in [5.74, 6) is -0.396. The van der Waals surface area contributed by atoms with E-state index in [9.17, 15) is 4.79 Å². The minimum absolute atomic E-state index is 0.0845. The Morgan fingerprint density at radius 2 is 1.75 bits per heavy atom. The van der Waals surface area contributed by atoms with E-state index in [-0.39, 0.29) is 12.3 Å². The van der Waals surface area contributed by atoms with Gasteiger partial charge in [0.05, 0.1) is 6.42 Å². The van der Waals surface area contributed by atoms with Crippen molar-refractivity contribution in [1.29, 1.82) is 0 Å². The average molecular weight is 221 g/mol. The summed E-state index contributed by atoms with van der Waals surface area (Å²) >= 11 is 0. The van der Waals surface area contributed by atoms with Gasteiger partial charge in [-0.05, 0) is 23.6 Å². The molecule has 3 heteroatoms. The van der Waals surface area contributed by atoms with Gasteiger partial charge in [0.25, 0.3) is 0 Å². The fourth-order valence-corrected chi connectivity index (χ4v) is 1.70. The molecule has 1 rings (SSSR count). The summed E-state index contributed by atoms with van der Waals surface area (Å²) in [6.07, 6.45) is 0.0948. The summed E-state index contributed by atoms with van der Waals surface area (Å²) in [6.45, 7) is 4.63. The zero-order valence-corrected chi connectivity index (χ0v) is 9.81. The summed E-state index contributed by atoms with van der Waals surface area (Å²) in [4.78, 5) is 10.7. The van der Waals surface area contributed by atoms with Gasteiger partial charge in [-0.1, -0.05) is 38.1 Å². The molecule has 0 aliphatic rings. The van der Waals surface area contributed by atoms with E-state index >= 15 is 0 Å². The summed E-state index contributed by atoms with van der Waals surface area (Å²) in [6, 6.07) is 8.06. The van der Waals surface area contributed by atoms with Gasteiger partial charge in [-0.15, -0.1) is 0 Å². The van der Waals surface area contributed by atoms with Crippen LogP contribution in [0.2, 0.25) is 0 Å². The lowest BCUT2D eigenvalue weighted by Crippen LogP contribution is -2.16. The van der Waals surface area contributed by atoms with Crippen LogP contribution in [0, 0.1) is 0 Å². The van der Waals surface area contributed by atoms with Crippen LogP contribution in [-0.4, -0.2) is 17.6 Å². The highest BCUT2D eigenvalue weighted by Crippen LogP contribution is 2.21. The SMILES string of the molecule is CC(C)c1ccc([C@@H](CN)CC(=O)O)cc1. The van der Waals surface area contributed by atoms with Gasteiger partial charge in [0.1, 0.15) is 0 Å². The van der Waals surface area contributed by atoms with Crippen LogP contribution in [-0.2, 0) is 4.79 Å². The molecule has 3 N–H and O–H groups in total. The Bertz CT molecular complexity index is 343. The molecule has 0 aliphatic heterocycles. The lowest BCUT2D eigenvalue weighted by Gasteiger charge is -2.14. The molecule has 0 aliphatic carbocycles. The van der Waals surface area contributed by atoms with Crippen molar-refractivity contribution in [2.24, 2.45) is 5.73 Å². The largest absolute Gasteiger partial charge is 0.481 e. The van der Waals surface area contributed by atoms with E-state index < -0.39 is 5.97 Å². The van der Waals surface area contributed by atoms with Crippen molar-refractivity contribution in [3.05, 3.63) is 35.4 Å². The van der Waals surface area contributed by atoms with Crippen molar-refractivity contribution in [3.8, 4) is 0 Å². The molecule has 1 aromatic rings. The second-order valence-electron chi connectivity index (χ2n) is 4.35. The Balaban J connectivity index is 2.82. The molecule has 0 fully saturated rings. The third kappa shape index (κ3) is 3.35. The van der Waals surface area contributed by atoms with Crippen LogP contribution in [0.4, 0.5) is 0 Å². The molecule has 0 radical (unpaired) electrons. The first-order valence-corrected chi connectivity index (χ1v) is 5.56. The van der Waals surface area contributed by atoms with Crippen molar-refractivity contribution < 1.29 is 9.90 Å². The van der Waals surface area contributed by atoms with Crippen molar-refractivity contribution in [1.82, 2.24) is 0 Å². The molecule has 0 spiro atoms. The first-order valence-electron chi connectivity index (χ1n) is 5.56. The Labute approximate surface area is 96.3 Å². The van der Waals surface area contributed by atoms with Crippen molar-refractivity contribution in [2.75, 3.05) is 6.54 Å². The highest BCUT2D eigenvalue weighted by molar-refractivity contribution is 5.68. The van der Waals surface area contributed by atoms with Crippen LogP contribution in [0.1, 0.15) is 43.2 Å². The third-order valence-corrected chi connectivity index (χ3v) is 2.78. The predicted octanol–water partition coefficient (Wildman–Crippen LogP) is 2.33. The van der Waals surface area contributed by atoms with Crippen LogP contribution in [0.15, 0.2) is 24.3 Å². The molecule has 88 valence electrons. The maximum Gasteiger partial charge on any atom is 0.304 e. The highest BCUT2D eigenvalue weighted by atomic mass is 16.4. The average Bonchev–Trinajstić information content (AvgIpc) is 2.25. The second kappa shape index (κ2) is 5.66. The van der Waals surface area contributed by atoms with Crippen LogP contribution in [0.25, 0.3) is 0 Å². The quantitative estimate of drug-likeness (QED) is 0.802. The van der Waals surface area contributed by atoms with Gasteiger partial charge >= 0.3 is 5.97 Å². The summed E-state index contributed by atoms with van der Waals surface area (Å²) < 4.78 is 0. The minimum atomic E-state index is -0.802. The zero-order valence-electron chi connectivity index (χ0n) is 9.81. The molecule has 3 nitrogen and oxygen atoms in total. The molecule has 0 saturated carbocycles. The maximum atomic E-state index is 10.7. The van der Waals surface area contributed by atoms with Gasteiger partial charge in [-0.2, -0.15) is 0 Å². The van der Waals surface area contributed by atoms with Crippen molar-refractivity contribution >= 4 is 5.97 Å². The van der Waals surface area contributed by atoms with E-state index in [1.807, 2.05) is 24.3 Å². The third-order valence-electron chi connectivity index (χ3n) is 2.78. The molecular formula is C13H19NO2. The highest BCUT2D eigenvalue weighted by Gasteiger charge is 2.13. The molecule has 0 unspecified atom stereocenters. The lowest BCUT2D eigenvalue weighted by atomic mass is 9.93. The van der Waals surface area contributed by atoms with E-state index in [1.165, 1.54) is 5.56 Å². The normalized spacial score (nSPS) is 12.8. The number of rotatable bonds is 5. The van der Waals surface area contributed by atoms with Gasteiger partial charge in [0.2, 0.25) is 0 Å². The Hall–Kier alpha value is -1.35. The molecule has 1 atom stereocenters. The monoisotopic (exact) mass is 221 g/mol. The van der Waals surface area contributed by atoms with E-state index in [0.29, 0.717) is 12.5 Å². The molecule has 0 heterocycles. The number of aliphatic carboxylic acids is 1. The smallest absolute Gasteiger partial charge is 0.304 e. The first kappa shape index (κ1) is 12.7. The fraction of sp³-hybridized carbons (Fsp3) is 0.462. The van der Waals surface area contributed by atoms with E-state index in [4.69, 9.17) is 10.8 Å². The van der Waals surface area contributed by atoms with E-state index in [2.05, 4.69) is 13.8 Å². The topological polar surface area (TPSA) is 63.3 Å². The standard InChI is InChI=1S/C13H19NO2/c1-9(2)10-3-5-11(6-4-10)12(8-14)7-13(15)16/h3-6,9,12H,7-8,14H2,1-2H3,(H,15,16)/t12-/m1/s1. The zero-order chi connectivity index (χ0) is 12.1. The number of carbonyl (C=O) groups is 1. The van der Waals surface area contributed by atoms with Gasteiger partial charge in [0, 0.05) is 5.92 Å². The van der Waals surface area contributed by atoms with Crippen molar-refractivity contribution in [2.45, 2.75) is 32.1 Å². The Morgan fingerprint density at radius 3 is 2.12 bits per heavy atom. The molecule has 16 heavy (non-hydrogen) atoms. The predicted molar refractivity (Wildman–Crippen MR) is 64.6 cm³/mol. The van der Waals surface area contributed by atoms with Gasteiger partial charge < -0.3 is 10.8 Å². The van der Waals surface area contributed by atoms with Crippen LogP contribution in [0.3, 0.4) is 0 Å². The molecule has 0 aromatic heterocycles. The molecule has 0 amide bonds. The van der Waals surface area contributed by atoms with Gasteiger partial charge in [-0.3, -0.25) is 4.79 Å². The number of carboxylic acids is 1. The lowest BCUT2D eigenvalue weighted by molar-refractivity contribution is -0.137. The van der Waals surface area contributed by atoms with Gasteiger partial charge in [-0.25, -0.2) is 0 Å². The van der Waals surface area contributed by atoms with Crippen LogP contribution in [0.5, 0.6) is 0 Å². The summed E-state index contributed by atoms with van der Waals surface area (Å²) in [5, 5.41) is 8.76. The second-order valence-corrected chi connectivity index (χ2v) is 4.35. The summed E-state index contributed by atoms with van der Waals surface area (Å²) in [7, 11) is 0. The maximum absolute atomic E-state index is 10.7. The Kier molecular flexibility index (Phi) is 4.50. The molecule has 0 bridgehead atoms. The fourth-order valence-electron chi connectivity index (χ4n) is 1.70. The van der Waals surface area contributed by atoms with Crippen LogP contribution < -0.4 is 5.73 Å². The summed E-state index contributed by atoms with van der Waals surface area (Å²) in [5.41, 5.74) is 7.86.